The molecule has 2 amide bonds. The molecule has 0 saturated carbocycles. The van der Waals surface area contributed by atoms with E-state index in [0.29, 0.717) is 35.5 Å². The lowest BCUT2D eigenvalue weighted by Crippen LogP contribution is -2.35. The number of anilines is 2. The lowest BCUT2D eigenvalue weighted by atomic mass is 10.0. The van der Waals surface area contributed by atoms with Gasteiger partial charge in [-0.15, -0.1) is 0 Å². The van der Waals surface area contributed by atoms with E-state index in [0.717, 1.165) is 11.3 Å². The first-order chi connectivity index (χ1) is 14.3. The minimum absolute atomic E-state index is 0.00373. The number of ketones is 2. The van der Waals surface area contributed by atoms with Crippen molar-refractivity contribution < 1.29 is 23.9 Å². The zero-order valence-electron chi connectivity index (χ0n) is 16.9. The number of fused-ring (bicyclic) bond motifs is 2. The summed E-state index contributed by atoms with van der Waals surface area (Å²) in [7, 11) is 1.64. The van der Waals surface area contributed by atoms with Gasteiger partial charge in [-0.3, -0.25) is 19.2 Å². The Labute approximate surface area is 174 Å². The molecule has 2 aromatic carbocycles. The Kier molecular flexibility index (Phi) is 5.11. The number of benzene rings is 2. The van der Waals surface area contributed by atoms with Crippen molar-refractivity contribution >= 4 is 34.8 Å². The van der Waals surface area contributed by atoms with Crippen LogP contribution in [0.15, 0.2) is 36.4 Å². The number of carbonyl (C=O) groups excluding carboxylic acids is 4. The number of ether oxygens (including phenoxy) is 1. The molecule has 7 nitrogen and oxygen atoms in total. The highest BCUT2D eigenvalue weighted by molar-refractivity contribution is 6.04. The van der Waals surface area contributed by atoms with Crippen LogP contribution in [-0.2, 0) is 16.0 Å². The van der Waals surface area contributed by atoms with Crippen LogP contribution in [0.1, 0.15) is 46.0 Å². The SMILES string of the molecule is CC(=O)c1ccc2c(c1)CCN2C(=O)CCC(=O)c1ccc2c(c1)N(C)C(=O)CO2. The first-order valence-electron chi connectivity index (χ1n) is 9.86. The van der Waals surface area contributed by atoms with Gasteiger partial charge in [0.25, 0.3) is 5.91 Å². The zero-order valence-corrected chi connectivity index (χ0v) is 16.9. The molecule has 30 heavy (non-hydrogen) atoms. The van der Waals surface area contributed by atoms with E-state index in [1.807, 2.05) is 6.07 Å². The van der Waals surface area contributed by atoms with Crippen molar-refractivity contribution in [2.24, 2.45) is 0 Å². The Hall–Kier alpha value is -3.48. The quantitative estimate of drug-likeness (QED) is 0.713. The standard InChI is InChI=1S/C23H22N2O5/c1-14(26)15-3-5-18-16(11-15)9-10-25(18)22(28)8-6-20(27)17-4-7-21-19(12-17)24(2)23(29)13-30-21/h3-5,7,11-12H,6,8-10,13H2,1-2H3. The van der Waals surface area contributed by atoms with Gasteiger partial charge in [-0.1, -0.05) is 0 Å². The van der Waals surface area contributed by atoms with Crippen molar-refractivity contribution in [3.8, 4) is 5.75 Å². The molecular weight excluding hydrogens is 384 g/mol. The van der Waals surface area contributed by atoms with Crippen LogP contribution in [0.4, 0.5) is 11.4 Å². The fourth-order valence-corrected chi connectivity index (χ4v) is 3.83. The molecule has 0 aromatic heterocycles. The fourth-order valence-electron chi connectivity index (χ4n) is 3.83. The summed E-state index contributed by atoms with van der Waals surface area (Å²) in [5.74, 6) is 0.0948. The molecule has 0 radical (unpaired) electrons. The maximum absolute atomic E-state index is 12.7. The number of carbonyl (C=O) groups is 4. The smallest absolute Gasteiger partial charge is 0.264 e. The largest absolute Gasteiger partial charge is 0.482 e. The third kappa shape index (κ3) is 3.58. The van der Waals surface area contributed by atoms with Gasteiger partial charge in [-0.05, 0) is 55.3 Å². The van der Waals surface area contributed by atoms with E-state index in [1.54, 1.807) is 42.3 Å². The monoisotopic (exact) mass is 406 g/mol. The molecule has 0 fully saturated rings. The molecule has 154 valence electrons. The average molecular weight is 406 g/mol. The van der Waals surface area contributed by atoms with Gasteiger partial charge in [0.05, 0.1) is 5.69 Å². The second-order valence-corrected chi connectivity index (χ2v) is 7.54. The molecule has 0 N–H and O–H groups in total. The number of amides is 2. The van der Waals surface area contributed by atoms with Crippen molar-refractivity contribution in [2.45, 2.75) is 26.2 Å². The highest BCUT2D eigenvalue weighted by Gasteiger charge is 2.26. The molecule has 0 saturated heterocycles. The predicted molar refractivity (Wildman–Crippen MR) is 111 cm³/mol. The number of rotatable bonds is 5. The molecule has 0 atom stereocenters. The third-order valence-electron chi connectivity index (χ3n) is 5.62. The lowest BCUT2D eigenvalue weighted by Gasteiger charge is -2.26. The van der Waals surface area contributed by atoms with E-state index in [-0.39, 0.29) is 42.8 Å². The van der Waals surface area contributed by atoms with Crippen molar-refractivity contribution in [3.05, 3.63) is 53.1 Å². The summed E-state index contributed by atoms with van der Waals surface area (Å²) in [6, 6.07) is 10.3. The van der Waals surface area contributed by atoms with E-state index in [4.69, 9.17) is 4.74 Å². The summed E-state index contributed by atoms with van der Waals surface area (Å²) in [6.07, 6.45) is 0.865. The number of hydrogen-bond acceptors (Lipinski definition) is 5. The topological polar surface area (TPSA) is 84.0 Å². The van der Waals surface area contributed by atoms with Crippen LogP contribution in [0.5, 0.6) is 5.75 Å². The zero-order chi connectivity index (χ0) is 21.4. The maximum Gasteiger partial charge on any atom is 0.264 e. The normalized spacial score (nSPS) is 14.8. The Morgan fingerprint density at radius 1 is 1.00 bits per heavy atom. The van der Waals surface area contributed by atoms with Crippen LogP contribution in [-0.4, -0.2) is 43.6 Å². The first-order valence-corrected chi connectivity index (χ1v) is 9.86. The Balaban J connectivity index is 1.43. The second-order valence-electron chi connectivity index (χ2n) is 7.54. The molecule has 7 heteroatoms. The molecule has 2 aliphatic heterocycles. The lowest BCUT2D eigenvalue weighted by molar-refractivity contribution is -0.121. The van der Waals surface area contributed by atoms with Gasteiger partial charge >= 0.3 is 0 Å². The number of likely N-dealkylation sites (N-methyl/N-ethyl adjacent to an activating group) is 1. The van der Waals surface area contributed by atoms with Crippen molar-refractivity contribution in [3.63, 3.8) is 0 Å². The summed E-state index contributed by atoms with van der Waals surface area (Å²) in [6.45, 7) is 2.05. The summed E-state index contributed by atoms with van der Waals surface area (Å²) in [5, 5.41) is 0. The summed E-state index contributed by atoms with van der Waals surface area (Å²) < 4.78 is 5.38. The predicted octanol–water partition coefficient (Wildman–Crippen LogP) is 2.80. The molecule has 4 rings (SSSR count). The highest BCUT2D eigenvalue weighted by Crippen LogP contribution is 2.33. The minimum atomic E-state index is -0.178. The summed E-state index contributed by atoms with van der Waals surface area (Å²) in [4.78, 5) is 51.9. The van der Waals surface area contributed by atoms with Gasteiger partial charge in [0.2, 0.25) is 5.91 Å². The molecule has 2 aromatic rings. The number of Topliss-reactive ketones (excluding diaryl/α,β-unsaturated/α-hetero) is 2. The molecule has 2 heterocycles. The van der Waals surface area contributed by atoms with Crippen LogP contribution in [0, 0.1) is 0 Å². The summed E-state index contributed by atoms with van der Waals surface area (Å²) >= 11 is 0. The average Bonchev–Trinajstić information content (AvgIpc) is 3.17. The van der Waals surface area contributed by atoms with Crippen molar-refractivity contribution in [1.82, 2.24) is 0 Å². The van der Waals surface area contributed by atoms with Crippen LogP contribution in [0.25, 0.3) is 0 Å². The van der Waals surface area contributed by atoms with Gasteiger partial charge in [-0.2, -0.15) is 0 Å². The molecule has 2 aliphatic rings. The Morgan fingerprint density at radius 3 is 2.53 bits per heavy atom. The molecule has 0 aliphatic carbocycles. The highest BCUT2D eigenvalue weighted by atomic mass is 16.5. The Morgan fingerprint density at radius 2 is 1.77 bits per heavy atom. The van der Waals surface area contributed by atoms with Crippen molar-refractivity contribution in [2.75, 3.05) is 30.0 Å². The van der Waals surface area contributed by atoms with E-state index in [1.165, 1.54) is 11.8 Å². The minimum Gasteiger partial charge on any atom is -0.482 e. The second kappa shape index (κ2) is 7.74. The van der Waals surface area contributed by atoms with Crippen LogP contribution < -0.4 is 14.5 Å². The van der Waals surface area contributed by atoms with Gasteiger partial charge < -0.3 is 14.5 Å². The molecule has 0 spiro atoms. The van der Waals surface area contributed by atoms with Gasteiger partial charge in [-0.25, -0.2) is 0 Å². The molecular formula is C23H22N2O5. The fraction of sp³-hybridized carbons (Fsp3) is 0.304. The van der Waals surface area contributed by atoms with E-state index >= 15 is 0 Å². The van der Waals surface area contributed by atoms with E-state index < -0.39 is 0 Å². The van der Waals surface area contributed by atoms with Crippen LogP contribution >= 0.6 is 0 Å². The third-order valence-corrected chi connectivity index (χ3v) is 5.62. The van der Waals surface area contributed by atoms with E-state index in [2.05, 4.69) is 0 Å². The molecule has 0 bridgehead atoms. The van der Waals surface area contributed by atoms with Crippen molar-refractivity contribution in [1.29, 1.82) is 0 Å². The number of hydrogen-bond donors (Lipinski definition) is 0. The first kappa shape index (κ1) is 19.8. The van der Waals surface area contributed by atoms with Crippen LogP contribution in [0.2, 0.25) is 0 Å². The summed E-state index contributed by atoms with van der Waals surface area (Å²) in [5.41, 5.74) is 3.42. The van der Waals surface area contributed by atoms with Gasteiger partial charge in [0.15, 0.2) is 18.2 Å². The Bertz CT molecular complexity index is 1080. The molecule has 0 unspecified atom stereocenters. The maximum atomic E-state index is 12.7. The van der Waals surface area contributed by atoms with Crippen LogP contribution in [0.3, 0.4) is 0 Å². The van der Waals surface area contributed by atoms with E-state index in [9.17, 15) is 19.2 Å². The number of nitrogens with zero attached hydrogens (tertiary/aromatic N) is 2. The van der Waals surface area contributed by atoms with Gasteiger partial charge in [0, 0.05) is 43.2 Å². The van der Waals surface area contributed by atoms with Gasteiger partial charge in [0.1, 0.15) is 5.75 Å².